The Morgan fingerprint density at radius 2 is 0.960 bits per heavy atom. The zero-order chi connectivity index (χ0) is 32.8. The summed E-state index contributed by atoms with van der Waals surface area (Å²) in [4.78, 5) is 2.35. The fraction of sp³-hybridized carbons (Fsp3) is 0. The molecule has 3 heterocycles. The van der Waals surface area contributed by atoms with E-state index >= 15 is 0 Å². The van der Waals surface area contributed by atoms with Crippen molar-refractivity contribution in [3.05, 3.63) is 164 Å². The molecule has 0 saturated carbocycles. The Balaban J connectivity index is 1.07. The highest BCUT2D eigenvalue weighted by atomic mass is 32.1. The van der Waals surface area contributed by atoms with Gasteiger partial charge in [-0.05, 0) is 82.6 Å². The normalized spacial score (nSPS) is 12.0. The van der Waals surface area contributed by atoms with Crippen molar-refractivity contribution in [2.75, 3.05) is 4.90 Å². The Kier molecular flexibility index (Phi) is 6.03. The molecule has 0 fully saturated rings. The van der Waals surface area contributed by atoms with Crippen molar-refractivity contribution in [1.82, 2.24) is 0 Å². The summed E-state index contributed by atoms with van der Waals surface area (Å²) in [5.74, 6) is 0. The Labute approximate surface area is 295 Å². The first-order valence-electron chi connectivity index (χ1n) is 16.8. The van der Waals surface area contributed by atoms with Crippen LogP contribution in [0, 0.1) is 0 Å². The molecule has 0 amide bonds. The van der Waals surface area contributed by atoms with Crippen molar-refractivity contribution in [1.29, 1.82) is 0 Å². The first-order chi connectivity index (χ1) is 24.8. The summed E-state index contributed by atoms with van der Waals surface area (Å²) >= 11 is 3.72. The minimum atomic E-state index is 0.885. The molecule has 2 nitrogen and oxygen atoms in total. The number of fused-ring (bicyclic) bond motifs is 11. The Morgan fingerprint density at radius 3 is 1.82 bits per heavy atom. The molecular formula is C46H27NOS2. The lowest BCUT2D eigenvalue weighted by Gasteiger charge is -2.26. The first kappa shape index (κ1) is 28.0. The van der Waals surface area contributed by atoms with Crippen molar-refractivity contribution in [3.8, 4) is 11.1 Å². The van der Waals surface area contributed by atoms with Crippen LogP contribution in [-0.4, -0.2) is 0 Å². The van der Waals surface area contributed by atoms with Crippen LogP contribution < -0.4 is 4.90 Å². The smallest absolute Gasteiger partial charge is 0.137 e. The van der Waals surface area contributed by atoms with Crippen molar-refractivity contribution >= 4 is 113 Å². The highest BCUT2D eigenvalue weighted by molar-refractivity contribution is 7.26. The van der Waals surface area contributed by atoms with Gasteiger partial charge in [-0.25, -0.2) is 0 Å². The second-order valence-corrected chi connectivity index (χ2v) is 15.0. The maximum atomic E-state index is 6.37. The third-order valence-electron chi connectivity index (χ3n) is 10.1. The Bertz CT molecular complexity index is 2990. The van der Waals surface area contributed by atoms with Crippen LogP contribution in [-0.2, 0) is 0 Å². The number of nitrogens with zero attached hydrogens (tertiary/aromatic N) is 1. The number of para-hydroxylation sites is 1. The second-order valence-electron chi connectivity index (χ2n) is 12.9. The van der Waals surface area contributed by atoms with Crippen molar-refractivity contribution in [3.63, 3.8) is 0 Å². The highest BCUT2D eigenvalue weighted by Gasteiger charge is 2.18. The molecule has 4 heteroatoms. The van der Waals surface area contributed by atoms with Crippen molar-refractivity contribution in [2.24, 2.45) is 0 Å². The van der Waals surface area contributed by atoms with E-state index in [0.717, 1.165) is 39.0 Å². The van der Waals surface area contributed by atoms with Crippen molar-refractivity contribution in [2.45, 2.75) is 0 Å². The maximum absolute atomic E-state index is 6.37. The molecule has 11 rings (SSSR count). The largest absolute Gasteiger partial charge is 0.456 e. The average Bonchev–Trinajstić information content (AvgIpc) is 3.86. The monoisotopic (exact) mass is 673 g/mol. The zero-order valence-corrected chi connectivity index (χ0v) is 28.4. The third kappa shape index (κ3) is 4.19. The van der Waals surface area contributed by atoms with Gasteiger partial charge >= 0.3 is 0 Å². The van der Waals surface area contributed by atoms with Gasteiger partial charge < -0.3 is 9.32 Å². The van der Waals surface area contributed by atoms with Crippen LogP contribution in [0.25, 0.3) is 84.2 Å². The number of hydrogen-bond donors (Lipinski definition) is 0. The molecule has 0 atom stereocenters. The van der Waals surface area contributed by atoms with E-state index in [1.807, 2.05) is 34.8 Å². The van der Waals surface area contributed by atoms with Crippen LogP contribution in [0.4, 0.5) is 17.1 Å². The summed E-state index contributed by atoms with van der Waals surface area (Å²) in [7, 11) is 0. The quantitative estimate of drug-likeness (QED) is 0.185. The molecule has 50 heavy (non-hydrogen) atoms. The minimum Gasteiger partial charge on any atom is -0.456 e. The molecule has 0 aliphatic heterocycles. The Hall–Kier alpha value is -5.94. The lowest BCUT2D eigenvalue weighted by Crippen LogP contribution is -2.09. The molecule has 0 spiro atoms. The molecule has 0 unspecified atom stereocenters. The summed E-state index contributed by atoms with van der Waals surface area (Å²) in [6.45, 7) is 0. The van der Waals surface area contributed by atoms with Gasteiger partial charge in [0.2, 0.25) is 0 Å². The molecule has 3 aromatic heterocycles. The summed E-state index contributed by atoms with van der Waals surface area (Å²) in [6, 6.07) is 59.5. The van der Waals surface area contributed by atoms with Crippen LogP contribution in [0.2, 0.25) is 0 Å². The third-order valence-corrected chi connectivity index (χ3v) is 12.3. The topological polar surface area (TPSA) is 16.4 Å². The average molecular weight is 674 g/mol. The van der Waals surface area contributed by atoms with E-state index in [0.29, 0.717) is 0 Å². The number of hydrogen-bond acceptors (Lipinski definition) is 4. The van der Waals surface area contributed by atoms with Gasteiger partial charge in [-0.2, -0.15) is 0 Å². The van der Waals surface area contributed by atoms with E-state index in [4.69, 9.17) is 4.42 Å². The molecule has 0 aliphatic rings. The van der Waals surface area contributed by atoms with Gasteiger partial charge in [0.05, 0.1) is 0 Å². The van der Waals surface area contributed by atoms with E-state index in [1.54, 1.807) is 0 Å². The number of anilines is 3. The number of benzene rings is 8. The fourth-order valence-corrected chi connectivity index (χ4v) is 10.0. The predicted molar refractivity (Wildman–Crippen MR) is 217 cm³/mol. The maximum Gasteiger partial charge on any atom is 0.137 e. The van der Waals surface area contributed by atoms with Crippen LogP contribution in [0.5, 0.6) is 0 Å². The van der Waals surface area contributed by atoms with Gasteiger partial charge in [-0.3, -0.25) is 0 Å². The van der Waals surface area contributed by atoms with Gasteiger partial charge in [0.1, 0.15) is 11.2 Å². The molecule has 0 N–H and O–H groups in total. The van der Waals surface area contributed by atoms with E-state index in [1.165, 1.54) is 62.2 Å². The number of thiophene rings is 2. The molecule has 0 saturated heterocycles. The highest BCUT2D eigenvalue weighted by Crippen LogP contribution is 2.44. The molecule has 8 aromatic carbocycles. The molecule has 234 valence electrons. The summed E-state index contributed by atoms with van der Waals surface area (Å²) in [5.41, 5.74) is 7.50. The SMILES string of the molecule is c1ccc2c(c1)oc1cc(N(c3ccc(-c4cccc5c4ccc4sc6ccccc6c45)cc3)c3ccc4c(c3)sc3ccccc34)ccc12. The lowest BCUT2D eigenvalue weighted by molar-refractivity contribution is 0.669. The van der Waals surface area contributed by atoms with Gasteiger partial charge in [-0.15, -0.1) is 22.7 Å². The standard InChI is InChI=1S/C46H27NOS2/c1-4-13-40-34(8-1)35-22-20-30(26-41(35)48-40)47(31-21-23-37-36-9-2-5-14-42(36)50-45(37)27-31)29-18-16-28(17-19-29)32-11-7-12-38-33(32)24-25-44-46(38)39-10-3-6-15-43(39)49-44/h1-27H. The minimum absolute atomic E-state index is 0.885. The molecule has 0 bridgehead atoms. The van der Waals surface area contributed by atoms with E-state index in [-0.39, 0.29) is 0 Å². The summed E-state index contributed by atoms with van der Waals surface area (Å²) < 4.78 is 11.6. The van der Waals surface area contributed by atoms with Gasteiger partial charge in [0, 0.05) is 74.2 Å². The van der Waals surface area contributed by atoms with Crippen LogP contribution in [0.3, 0.4) is 0 Å². The second kappa shape index (κ2) is 10.8. The van der Waals surface area contributed by atoms with Crippen LogP contribution in [0.1, 0.15) is 0 Å². The van der Waals surface area contributed by atoms with E-state index < -0.39 is 0 Å². The summed E-state index contributed by atoms with van der Waals surface area (Å²) in [6.07, 6.45) is 0. The zero-order valence-electron chi connectivity index (χ0n) is 26.8. The van der Waals surface area contributed by atoms with Gasteiger partial charge in [0.15, 0.2) is 0 Å². The van der Waals surface area contributed by atoms with Gasteiger partial charge in [0.25, 0.3) is 0 Å². The molecule has 0 aliphatic carbocycles. The molecule has 11 aromatic rings. The number of furan rings is 1. The fourth-order valence-electron chi connectivity index (χ4n) is 7.78. The first-order valence-corrected chi connectivity index (χ1v) is 18.5. The number of rotatable bonds is 4. The Morgan fingerprint density at radius 1 is 0.360 bits per heavy atom. The predicted octanol–water partition coefficient (Wildman–Crippen LogP) is 14.6. The summed E-state index contributed by atoms with van der Waals surface area (Å²) in [5, 5.41) is 10.1. The van der Waals surface area contributed by atoms with E-state index in [9.17, 15) is 0 Å². The van der Waals surface area contributed by atoms with Gasteiger partial charge in [-0.1, -0.05) is 97.1 Å². The van der Waals surface area contributed by atoms with E-state index in [2.05, 4.69) is 157 Å². The van der Waals surface area contributed by atoms with Crippen LogP contribution in [0.15, 0.2) is 168 Å². The van der Waals surface area contributed by atoms with Crippen LogP contribution >= 0.6 is 22.7 Å². The molecular weight excluding hydrogens is 647 g/mol. The molecule has 0 radical (unpaired) electrons. The lowest BCUT2D eigenvalue weighted by atomic mass is 9.95. The van der Waals surface area contributed by atoms with Crippen molar-refractivity contribution < 1.29 is 4.42 Å².